The molecule has 0 aliphatic rings. The molecule has 0 saturated carbocycles. The van der Waals surface area contributed by atoms with Crippen LogP contribution in [0.1, 0.15) is 41.5 Å². The van der Waals surface area contributed by atoms with E-state index in [0.29, 0.717) is 0 Å². The van der Waals surface area contributed by atoms with Gasteiger partial charge in [0.25, 0.3) is 8.32 Å². The predicted octanol–water partition coefficient (Wildman–Crippen LogP) is 3.92. The van der Waals surface area contributed by atoms with E-state index in [-0.39, 0.29) is 16.7 Å². The number of aliphatic hydroxyl groups excluding tert-OH is 1. The van der Waals surface area contributed by atoms with Gasteiger partial charge in [0.15, 0.2) is 14.4 Å². The fourth-order valence-corrected chi connectivity index (χ4v) is 3.00. The summed E-state index contributed by atoms with van der Waals surface area (Å²) in [7, 11) is -4.16. The lowest BCUT2D eigenvalue weighted by molar-refractivity contribution is -0.146. The Morgan fingerprint density at radius 1 is 0.952 bits per heavy atom. The standard InChI is InChI=1S/C15H34O4Si2/c1-14(2,3)20(7,8)18-11-12(16)13(17)19-21(9,10)15(4,5)6/h12,16H,11H2,1-10H3. The molecular formula is C15H34O4Si2. The third kappa shape index (κ3) is 5.85. The van der Waals surface area contributed by atoms with E-state index in [1.54, 1.807) is 0 Å². The van der Waals surface area contributed by atoms with Crippen molar-refractivity contribution in [3.63, 3.8) is 0 Å². The van der Waals surface area contributed by atoms with Gasteiger partial charge in [0.05, 0.1) is 6.61 Å². The Balaban J connectivity index is 4.63. The van der Waals surface area contributed by atoms with Crippen LogP contribution in [0, 0.1) is 0 Å². The number of hydrogen-bond acceptors (Lipinski definition) is 4. The molecule has 21 heavy (non-hydrogen) atoms. The molecule has 0 fully saturated rings. The van der Waals surface area contributed by atoms with Crippen molar-refractivity contribution in [3.8, 4) is 0 Å². The zero-order chi connectivity index (χ0) is 17.3. The highest BCUT2D eigenvalue weighted by atomic mass is 28.4. The van der Waals surface area contributed by atoms with Crippen molar-refractivity contribution in [2.24, 2.45) is 0 Å². The maximum Gasteiger partial charge on any atom is 0.324 e. The predicted molar refractivity (Wildman–Crippen MR) is 92.4 cm³/mol. The molecular weight excluding hydrogens is 300 g/mol. The molecule has 0 spiro atoms. The molecule has 0 bridgehead atoms. The van der Waals surface area contributed by atoms with E-state index >= 15 is 0 Å². The largest absolute Gasteiger partial charge is 0.517 e. The second-order valence-corrected chi connectivity index (χ2v) is 18.3. The van der Waals surface area contributed by atoms with Crippen LogP contribution >= 0.6 is 0 Å². The lowest BCUT2D eigenvalue weighted by atomic mass is 10.2. The monoisotopic (exact) mass is 334 g/mol. The first-order chi connectivity index (χ1) is 9.01. The Morgan fingerprint density at radius 2 is 1.33 bits per heavy atom. The van der Waals surface area contributed by atoms with E-state index in [0.717, 1.165) is 0 Å². The van der Waals surface area contributed by atoms with Crippen LogP contribution < -0.4 is 0 Å². The van der Waals surface area contributed by atoms with Crippen molar-refractivity contribution in [2.45, 2.75) is 83.9 Å². The molecule has 6 heteroatoms. The van der Waals surface area contributed by atoms with Gasteiger partial charge in [0, 0.05) is 0 Å². The molecule has 0 saturated heterocycles. The van der Waals surface area contributed by atoms with Gasteiger partial charge in [-0.2, -0.15) is 0 Å². The molecule has 0 rings (SSSR count). The summed E-state index contributed by atoms with van der Waals surface area (Å²) in [5.74, 6) is -0.555. The normalized spacial score (nSPS) is 15.8. The summed E-state index contributed by atoms with van der Waals surface area (Å²) >= 11 is 0. The smallest absolute Gasteiger partial charge is 0.324 e. The molecule has 1 unspecified atom stereocenters. The minimum atomic E-state index is -2.20. The van der Waals surface area contributed by atoms with Crippen LogP contribution in [0.3, 0.4) is 0 Å². The Hall–Kier alpha value is -0.176. The van der Waals surface area contributed by atoms with E-state index < -0.39 is 28.7 Å². The summed E-state index contributed by atoms with van der Waals surface area (Å²) < 4.78 is 11.5. The van der Waals surface area contributed by atoms with Crippen LogP contribution in [0.2, 0.25) is 36.3 Å². The molecule has 126 valence electrons. The topological polar surface area (TPSA) is 55.8 Å². The fourth-order valence-electron chi connectivity index (χ4n) is 1.04. The van der Waals surface area contributed by atoms with Crippen molar-refractivity contribution < 1.29 is 18.8 Å². The SMILES string of the molecule is CC(C)(C)[Si](C)(C)OCC(O)C(=O)O[Si](C)(C)C(C)(C)C. The molecule has 0 aromatic heterocycles. The van der Waals surface area contributed by atoms with Crippen molar-refractivity contribution in [1.29, 1.82) is 0 Å². The number of carbonyl (C=O) groups excluding carboxylic acids is 1. The molecule has 0 amide bonds. The number of aliphatic hydroxyl groups is 1. The molecule has 0 aliphatic heterocycles. The van der Waals surface area contributed by atoms with E-state index in [2.05, 4.69) is 54.6 Å². The van der Waals surface area contributed by atoms with Gasteiger partial charge >= 0.3 is 5.97 Å². The van der Waals surface area contributed by atoms with Crippen LogP contribution in [-0.2, 0) is 13.6 Å². The number of hydrogen-bond donors (Lipinski definition) is 1. The second-order valence-electron chi connectivity index (χ2n) is 8.77. The van der Waals surface area contributed by atoms with Gasteiger partial charge < -0.3 is 14.0 Å². The minimum Gasteiger partial charge on any atom is -0.517 e. The Kier molecular flexibility index (Phi) is 6.46. The van der Waals surface area contributed by atoms with Gasteiger partial charge in [-0.25, -0.2) is 0 Å². The molecule has 0 aromatic carbocycles. The van der Waals surface area contributed by atoms with Crippen LogP contribution in [0.4, 0.5) is 0 Å². The zero-order valence-corrected chi connectivity index (χ0v) is 17.5. The number of carbonyl (C=O) groups is 1. The van der Waals surface area contributed by atoms with E-state index in [1.807, 2.05) is 13.1 Å². The van der Waals surface area contributed by atoms with Gasteiger partial charge in [-0.1, -0.05) is 41.5 Å². The first-order valence-electron chi connectivity index (χ1n) is 7.56. The van der Waals surface area contributed by atoms with Crippen molar-refractivity contribution in [2.75, 3.05) is 6.61 Å². The van der Waals surface area contributed by atoms with Crippen LogP contribution in [0.25, 0.3) is 0 Å². The summed E-state index contributed by atoms with van der Waals surface area (Å²) in [5.41, 5.74) is 0. The maximum atomic E-state index is 12.1. The summed E-state index contributed by atoms with van der Waals surface area (Å²) in [5, 5.41) is 10.0. The summed E-state index contributed by atoms with van der Waals surface area (Å²) in [6.45, 7) is 20.8. The highest BCUT2D eigenvalue weighted by Gasteiger charge is 2.42. The minimum absolute atomic E-state index is 0.0178. The third-order valence-corrected chi connectivity index (χ3v) is 13.7. The third-order valence-electron chi connectivity index (χ3n) is 4.84. The van der Waals surface area contributed by atoms with Crippen molar-refractivity contribution >= 4 is 22.6 Å². The second kappa shape index (κ2) is 6.52. The van der Waals surface area contributed by atoms with Crippen molar-refractivity contribution in [1.82, 2.24) is 0 Å². The highest BCUT2D eigenvalue weighted by molar-refractivity contribution is 6.75. The van der Waals surface area contributed by atoms with E-state index in [1.165, 1.54) is 0 Å². The van der Waals surface area contributed by atoms with E-state index in [9.17, 15) is 9.90 Å². The molecule has 0 aromatic rings. The van der Waals surface area contributed by atoms with Crippen LogP contribution in [0.5, 0.6) is 0 Å². The molecule has 0 aliphatic carbocycles. The number of rotatable bonds is 5. The molecule has 1 atom stereocenters. The maximum absolute atomic E-state index is 12.1. The molecule has 0 radical (unpaired) electrons. The van der Waals surface area contributed by atoms with Gasteiger partial charge in [0.1, 0.15) is 0 Å². The zero-order valence-electron chi connectivity index (χ0n) is 15.5. The van der Waals surface area contributed by atoms with E-state index in [4.69, 9.17) is 8.85 Å². The molecule has 0 heterocycles. The van der Waals surface area contributed by atoms with Crippen LogP contribution in [0.15, 0.2) is 0 Å². The lowest BCUT2D eigenvalue weighted by Gasteiger charge is -2.38. The Morgan fingerprint density at radius 3 is 1.67 bits per heavy atom. The Labute approximate surface area is 132 Å². The quantitative estimate of drug-likeness (QED) is 0.774. The molecule has 1 N–H and O–H groups in total. The fraction of sp³-hybridized carbons (Fsp3) is 0.933. The van der Waals surface area contributed by atoms with Gasteiger partial charge in [-0.3, -0.25) is 4.79 Å². The van der Waals surface area contributed by atoms with Gasteiger partial charge in [-0.15, -0.1) is 0 Å². The lowest BCUT2D eigenvalue weighted by Crippen LogP contribution is -2.48. The summed E-state index contributed by atoms with van der Waals surface area (Å²) in [6.07, 6.45) is -1.20. The first kappa shape index (κ1) is 20.8. The first-order valence-corrected chi connectivity index (χ1v) is 13.4. The van der Waals surface area contributed by atoms with Crippen molar-refractivity contribution in [3.05, 3.63) is 0 Å². The van der Waals surface area contributed by atoms with Gasteiger partial charge in [0.2, 0.25) is 0 Å². The summed E-state index contributed by atoms with van der Waals surface area (Å²) in [4.78, 5) is 12.1. The summed E-state index contributed by atoms with van der Waals surface area (Å²) in [6, 6.07) is 0. The Bertz CT molecular complexity index is 365. The average Bonchev–Trinajstić information content (AvgIpc) is 2.21. The highest BCUT2D eigenvalue weighted by Crippen LogP contribution is 2.38. The average molecular weight is 335 g/mol. The molecule has 4 nitrogen and oxygen atoms in total. The van der Waals surface area contributed by atoms with Crippen LogP contribution in [-0.4, -0.2) is 40.4 Å². The van der Waals surface area contributed by atoms with Gasteiger partial charge in [-0.05, 0) is 36.3 Å².